The van der Waals surface area contributed by atoms with Crippen LogP contribution in [-0.2, 0) is 24.1 Å². The van der Waals surface area contributed by atoms with Crippen molar-refractivity contribution in [1.82, 2.24) is 9.13 Å². The SMILES string of the molecule is COc1ccc(NS(=O)(=O)c2cc3c(cc2C)n(C)c(=O)n3C)cc1. The van der Waals surface area contributed by atoms with Crippen LogP contribution in [0.15, 0.2) is 46.1 Å². The van der Waals surface area contributed by atoms with Crippen molar-refractivity contribution in [1.29, 1.82) is 0 Å². The molecule has 132 valence electrons. The van der Waals surface area contributed by atoms with Gasteiger partial charge in [0.05, 0.1) is 23.0 Å². The molecule has 0 aliphatic carbocycles. The summed E-state index contributed by atoms with van der Waals surface area (Å²) in [6.07, 6.45) is 0. The molecular weight excluding hydrogens is 342 g/mol. The predicted octanol–water partition coefficient (Wildman–Crippen LogP) is 1.99. The minimum Gasteiger partial charge on any atom is -0.497 e. The Labute approximate surface area is 145 Å². The molecule has 0 saturated carbocycles. The first-order valence-corrected chi connectivity index (χ1v) is 9.06. The van der Waals surface area contributed by atoms with Gasteiger partial charge in [-0.3, -0.25) is 13.9 Å². The summed E-state index contributed by atoms with van der Waals surface area (Å²) in [6.45, 7) is 1.71. The lowest BCUT2D eigenvalue weighted by molar-refractivity contribution is 0.415. The average Bonchev–Trinajstić information content (AvgIpc) is 2.78. The van der Waals surface area contributed by atoms with E-state index in [1.54, 1.807) is 58.5 Å². The second-order valence-electron chi connectivity index (χ2n) is 5.84. The molecule has 2 aromatic carbocycles. The van der Waals surface area contributed by atoms with Crippen LogP contribution >= 0.6 is 0 Å². The van der Waals surface area contributed by atoms with Crippen LogP contribution in [-0.4, -0.2) is 24.7 Å². The van der Waals surface area contributed by atoms with Crippen molar-refractivity contribution in [2.24, 2.45) is 14.1 Å². The third-order valence-corrected chi connectivity index (χ3v) is 5.72. The smallest absolute Gasteiger partial charge is 0.328 e. The van der Waals surface area contributed by atoms with Gasteiger partial charge in [0.2, 0.25) is 0 Å². The number of anilines is 1. The van der Waals surface area contributed by atoms with Crippen molar-refractivity contribution in [2.45, 2.75) is 11.8 Å². The maximum absolute atomic E-state index is 12.8. The lowest BCUT2D eigenvalue weighted by Crippen LogP contribution is -2.19. The first kappa shape index (κ1) is 17.1. The molecule has 0 aliphatic heterocycles. The minimum atomic E-state index is -3.79. The molecule has 0 amide bonds. The molecule has 1 heterocycles. The fourth-order valence-corrected chi connectivity index (χ4v) is 4.10. The Morgan fingerprint density at radius 2 is 1.56 bits per heavy atom. The molecule has 3 rings (SSSR count). The topological polar surface area (TPSA) is 82.3 Å². The molecule has 0 spiro atoms. The summed E-state index contributed by atoms with van der Waals surface area (Å²) in [5, 5.41) is 0. The fraction of sp³-hybridized carbons (Fsp3) is 0.235. The zero-order valence-electron chi connectivity index (χ0n) is 14.4. The largest absolute Gasteiger partial charge is 0.497 e. The van der Waals surface area contributed by atoms with Crippen LogP contribution in [0.4, 0.5) is 5.69 Å². The summed E-state index contributed by atoms with van der Waals surface area (Å²) in [5.41, 5.74) is 2.05. The second kappa shape index (κ2) is 5.96. The van der Waals surface area contributed by atoms with Gasteiger partial charge in [0.1, 0.15) is 5.75 Å². The molecule has 7 nitrogen and oxygen atoms in total. The molecule has 0 aliphatic rings. The Kier molecular flexibility index (Phi) is 4.08. The van der Waals surface area contributed by atoms with Crippen molar-refractivity contribution in [3.8, 4) is 5.75 Å². The van der Waals surface area contributed by atoms with Gasteiger partial charge in [0, 0.05) is 19.8 Å². The van der Waals surface area contributed by atoms with Gasteiger partial charge in [-0.25, -0.2) is 13.2 Å². The van der Waals surface area contributed by atoms with Crippen molar-refractivity contribution in [3.63, 3.8) is 0 Å². The van der Waals surface area contributed by atoms with E-state index in [2.05, 4.69) is 4.72 Å². The molecule has 0 radical (unpaired) electrons. The van der Waals surface area contributed by atoms with Gasteiger partial charge in [-0.15, -0.1) is 0 Å². The molecule has 1 aromatic heterocycles. The number of fused-ring (bicyclic) bond motifs is 1. The summed E-state index contributed by atoms with van der Waals surface area (Å²) in [7, 11) is 1.03. The highest BCUT2D eigenvalue weighted by Gasteiger charge is 2.20. The lowest BCUT2D eigenvalue weighted by atomic mass is 10.2. The van der Waals surface area contributed by atoms with Crippen LogP contribution in [0.2, 0.25) is 0 Å². The molecule has 0 bridgehead atoms. The quantitative estimate of drug-likeness (QED) is 0.770. The maximum atomic E-state index is 12.8. The number of aryl methyl sites for hydroxylation is 3. The van der Waals surface area contributed by atoms with E-state index >= 15 is 0 Å². The summed E-state index contributed by atoms with van der Waals surface area (Å²) < 4.78 is 36.1. The van der Waals surface area contributed by atoms with E-state index < -0.39 is 10.0 Å². The molecule has 1 N–H and O–H groups in total. The number of ether oxygens (including phenoxy) is 1. The van der Waals surface area contributed by atoms with Crippen LogP contribution in [0.5, 0.6) is 5.75 Å². The van der Waals surface area contributed by atoms with Crippen molar-refractivity contribution in [3.05, 3.63) is 52.4 Å². The van der Waals surface area contributed by atoms with E-state index in [4.69, 9.17) is 4.74 Å². The molecule has 0 saturated heterocycles. The summed E-state index contributed by atoms with van der Waals surface area (Å²) in [4.78, 5) is 12.2. The Morgan fingerprint density at radius 3 is 2.12 bits per heavy atom. The summed E-state index contributed by atoms with van der Waals surface area (Å²) >= 11 is 0. The van der Waals surface area contributed by atoms with Crippen LogP contribution in [0.3, 0.4) is 0 Å². The summed E-state index contributed by atoms with van der Waals surface area (Å²) in [6, 6.07) is 9.84. The van der Waals surface area contributed by atoms with E-state index in [-0.39, 0.29) is 10.6 Å². The predicted molar refractivity (Wildman–Crippen MR) is 96.7 cm³/mol. The zero-order chi connectivity index (χ0) is 18.4. The molecule has 0 atom stereocenters. The third kappa shape index (κ3) is 2.89. The Balaban J connectivity index is 2.08. The zero-order valence-corrected chi connectivity index (χ0v) is 15.2. The van der Waals surface area contributed by atoms with Gasteiger partial charge in [0.25, 0.3) is 10.0 Å². The van der Waals surface area contributed by atoms with E-state index in [0.29, 0.717) is 28.0 Å². The van der Waals surface area contributed by atoms with Crippen molar-refractivity contribution < 1.29 is 13.2 Å². The number of sulfonamides is 1. The Bertz CT molecular complexity index is 1110. The third-order valence-electron chi connectivity index (χ3n) is 4.20. The molecule has 0 unspecified atom stereocenters. The normalized spacial score (nSPS) is 11.7. The van der Waals surface area contributed by atoms with E-state index in [9.17, 15) is 13.2 Å². The highest BCUT2D eigenvalue weighted by molar-refractivity contribution is 7.92. The highest BCUT2D eigenvalue weighted by Crippen LogP contribution is 2.25. The molecule has 0 fully saturated rings. The van der Waals surface area contributed by atoms with Gasteiger partial charge in [-0.2, -0.15) is 0 Å². The number of rotatable bonds is 4. The summed E-state index contributed by atoms with van der Waals surface area (Å²) in [5.74, 6) is 0.639. The van der Waals surface area contributed by atoms with Crippen molar-refractivity contribution >= 4 is 26.7 Å². The van der Waals surface area contributed by atoms with Crippen molar-refractivity contribution in [2.75, 3.05) is 11.8 Å². The first-order chi connectivity index (χ1) is 11.7. The second-order valence-corrected chi connectivity index (χ2v) is 7.49. The van der Waals surface area contributed by atoms with Gasteiger partial charge < -0.3 is 4.74 Å². The van der Waals surface area contributed by atoms with Gasteiger partial charge >= 0.3 is 5.69 Å². The number of benzene rings is 2. The monoisotopic (exact) mass is 361 g/mol. The van der Waals surface area contributed by atoms with Crippen LogP contribution in [0.25, 0.3) is 11.0 Å². The number of nitrogens with one attached hydrogen (secondary N) is 1. The molecule has 25 heavy (non-hydrogen) atoms. The van der Waals surface area contributed by atoms with Gasteiger partial charge in [0.15, 0.2) is 0 Å². The standard InChI is InChI=1S/C17H19N3O4S/c1-11-9-14-15(20(3)17(21)19(14)2)10-16(11)25(22,23)18-12-5-7-13(24-4)8-6-12/h5-10,18H,1-4H3. The van der Waals surface area contributed by atoms with E-state index in [1.807, 2.05) is 0 Å². The number of hydrogen-bond donors (Lipinski definition) is 1. The average molecular weight is 361 g/mol. The lowest BCUT2D eigenvalue weighted by Gasteiger charge is -2.11. The number of nitrogens with zero attached hydrogens (tertiary/aromatic N) is 2. The molecule has 3 aromatic rings. The number of aromatic nitrogens is 2. The molecule has 8 heteroatoms. The maximum Gasteiger partial charge on any atom is 0.328 e. The van der Waals surface area contributed by atoms with Crippen LogP contribution < -0.4 is 15.1 Å². The van der Waals surface area contributed by atoms with E-state index in [1.165, 1.54) is 15.2 Å². The van der Waals surface area contributed by atoms with E-state index in [0.717, 1.165) is 0 Å². The highest BCUT2D eigenvalue weighted by atomic mass is 32.2. The minimum absolute atomic E-state index is 0.136. The number of imidazole rings is 1. The Morgan fingerprint density at radius 1 is 1.00 bits per heavy atom. The fourth-order valence-electron chi connectivity index (χ4n) is 2.79. The van der Waals surface area contributed by atoms with Gasteiger partial charge in [-0.1, -0.05) is 0 Å². The van der Waals surface area contributed by atoms with Crippen LogP contribution in [0, 0.1) is 6.92 Å². The number of hydrogen-bond acceptors (Lipinski definition) is 4. The van der Waals surface area contributed by atoms with Gasteiger partial charge in [-0.05, 0) is 48.9 Å². The number of methoxy groups -OCH3 is 1. The van der Waals surface area contributed by atoms with Crippen LogP contribution in [0.1, 0.15) is 5.56 Å². The molecular formula is C17H19N3O4S. The first-order valence-electron chi connectivity index (χ1n) is 7.57. The Hall–Kier alpha value is -2.74.